The highest BCUT2D eigenvalue weighted by atomic mass is 19.1. The molecule has 0 aliphatic carbocycles. The lowest BCUT2D eigenvalue weighted by Crippen LogP contribution is -2.37. The van der Waals surface area contributed by atoms with Gasteiger partial charge in [0, 0.05) is 18.8 Å². The lowest BCUT2D eigenvalue weighted by atomic mass is 9.93. The van der Waals surface area contributed by atoms with Crippen molar-refractivity contribution in [3.8, 4) is 0 Å². The first-order valence-corrected chi connectivity index (χ1v) is 12.1. The van der Waals surface area contributed by atoms with Crippen molar-refractivity contribution in [3.05, 3.63) is 83.4 Å². The second-order valence-corrected chi connectivity index (χ2v) is 8.77. The molecule has 1 N–H and O–H groups in total. The van der Waals surface area contributed by atoms with Gasteiger partial charge in [0.2, 0.25) is 0 Å². The summed E-state index contributed by atoms with van der Waals surface area (Å²) < 4.78 is 15.5. The standard InChI is InChI=1S/C28H38FN3/c1-5-11-26(22(4)32-18-16-24-15-10-17-30-28(24)20-32)31-27(12-6-2)25(29)19-21(3)23-13-8-7-9-14-23/h7-11,13-15,21,25,30H,4-6,12,16-20H2,1-3H3/b26-11+,31-27?. The van der Waals surface area contributed by atoms with E-state index in [1.165, 1.54) is 16.8 Å². The zero-order valence-electron chi connectivity index (χ0n) is 19.9. The van der Waals surface area contributed by atoms with E-state index in [0.29, 0.717) is 18.6 Å². The van der Waals surface area contributed by atoms with Gasteiger partial charge in [-0.05, 0) is 42.7 Å². The number of aliphatic imine (C=N–C) groups is 1. The quantitative estimate of drug-likeness (QED) is 0.328. The molecule has 32 heavy (non-hydrogen) atoms. The predicted molar refractivity (Wildman–Crippen MR) is 135 cm³/mol. The van der Waals surface area contributed by atoms with Crippen LogP contribution >= 0.6 is 0 Å². The number of hydrogen-bond acceptors (Lipinski definition) is 3. The number of rotatable bonds is 10. The van der Waals surface area contributed by atoms with Crippen molar-refractivity contribution in [1.29, 1.82) is 0 Å². The Hall–Kier alpha value is -2.62. The zero-order valence-corrected chi connectivity index (χ0v) is 19.9. The molecule has 4 heteroatoms. The lowest BCUT2D eigenvalue weighted by Gasteiger charge is -2.35. The molecule has 0 fully saturated rings. The predicted octanol–water partition coefficient (Wildman–Crippen LogP) is 6.69. The number of alkyl halides is 1. The molecule has 0 saturated heterocycles. The Kier molecular flexibility index (Phi) is 8.90. The molecule has 3 nitrogen and oxygen atoms in total. The maximum atomic E-state index is 15.5. The highest BCUT2D eigenvalue weighted by Crippen LogP contribution is 2.28. The Morgan fingerprint density at radius 2 is 2.06 bits per heavy atom. The van der Waals surface area contributed by atoms with E-state index < -0.39 is 6.17 Å². The molecule has 2 atom stereocenters. The minimum atomic E-state index is -1.06. The molecule has 0 spiro atoms. The van der Waals surface area contributed by atoms with Crippen LogP contribution in [0.5, 0.6) is 0 Å². The average molecular weight is 436 g/mol. The fraction of sp³-hybridized carbons (Fsp3) is 0.464. The largest absolute Gasteiger partial charge is 0.383 e. The van der Waals surface area contributed by atoms with Crippen LogP contribution in [0.2, 0.25) is 0 Å². The van der Waals surface area contributed by atoms with Gasteiger partial charge < -0.3 is 10.2 Å². The molecule has 3 rings (SSSR count). The van der Waals surface area contributed by atoms with Gasteiger partial charge in [-0.1, -0.05) is 82.3 Å². The summed E-state index contributed by atoms with van der Waals surface area (Å²) in [6, 6.07) is 10.2. The minimum Gasteiger partial charge on any atom is -0.383 e. The van der Waals surface area contributed by atoms with Crippen LogP contribution in [0.15, 0.2) is 82.8 Å². The number of nitrogens with one attached hydrogen (secondary N) is 1. The molecule has 2 aliphatic heterocycles. The Morgan fingerprint density at radius 1 is 1.28 bits per heavy atom. The van der Waals surface area contributed by atoms with Gasteiger partial charge in [0.25, 0.3) is 0 Å². The van der Waals surface area contributed by atoms with E-state index in [2.05, 4.69) is 67.9 Å². The van der Waals surface area contributed by atoms with Crippen LogP contribution in [0, 0.1) is 0 Å². The highest BCUT2D eigenvalue weighted by Gasteiger charge is 2.23. The van der Waals surface area contributed by atoms with Crippen LogP contribution in [-0.4, -0.2) is 36.4 Å². The van der Waals surface area contributed by atoms with Crippen molar-refractivity contribution in [2.45, 2.75) is 65.0 Å². The van der Waals surface area contributed by atoms with Gasteiger partial charge in [0.05, 0.1) is 23.7 Å². The third-order valence-electron chi connectivity index (χ3n) is 6.28. The number of benzene rings is 1. The summed E-state index contributed by atoms with van der Waals surface area (Å²) in [4.78, 5) is 7.17. The first-order valence-electron chi connectivity index (χ1n) is 12.1. The Balaban J connectivity index is 1.76. The van der Waals surface area contributed by atoms with Crippen molar-refractivity contribution < 1.29 is 4.39 Å². The van der Waals surface area contributed by atoms with E-state index in [0.717, 1.165) is 50.3 Å². The van der Waals surface area contributed by atoms with Gasteiger partial charge in [-0.2, -0.15) is 0 Å². The van der Waals surface area contributed by atoms with Crippen LogP contribution < -0.4 is 5.32 Å². The molecule has 2 aliphatic rings. The first kappa shape index (κ1) is 24.0. The molecule has 1 aromatic rings. The smallest absolute Gasteiger partial charge is 0.139 e. The van der Waals surface area contributed by atoms with Crippen molar-refractivity contribution in [3.63, 3.8) is 0 Å². The molecule has 172 valence electrons. The van der Waals surface area contributed by atoms with E-state index in [1.54, 1.807) is 0 Å². The normalized spacial score (nSPS) is 18.8. The van der Waals surface area contributed by atoms with Crippen molar-refractivity contribution in [1.82, 2.24) is 10.2 Å². The molecule has 0 saturated carbocycles. The summed E-state index contributed by atoms with van der Waals surface area (Å²) in [6.07, 6.45) is 9.26. The summed E-state index contributed by atoms with van der Waals surface area (Å²) in [7, 11) is 0. The van der Waals surface area contributed by atoms with Crippen molar-refractivity contribution >= 4 is 5.71 Å². The highest BCUT2D eigenvalue weighted by molar-refractivity contribution is 5.89. The first-order chi connectivity index (χ1) is 15.5. The molecule has 0 aromatic heterocycles. The summed E-state index contributed by atoms with van der Waals surface area (Å²) in [5.74, 6) is 0.146. The molecule has 2 heterocycles. The summed E-state index contributed by atoms with van der Waals surface area (Å²) in [5, 5.41) is 3.49. The molecular weight excluding hydrogens is 397 g/mol. The number of hydrogen-bond donors (Lipinski definition) is 1. The molecular formula is C28H38FN3. The van der Waals surface area contributed by atoms with Gasteiger partial charge in [-0.3, -0.25) is 4.99 Å². The van der Waals surface area contributed by atoms with Gasteiger partial charge in [0.15, 0.2) is 0 Å². The second kappa shape index (κ2) is 11.8. The van der Waals surface area contributed by atoms with Crippen molar-refractivity contribution in [2.75, 3.05) is 19.6 Å². The van der Waals surface area contributed by atoms with Gasteiger partial charge >= 0.3 is 0 Å². The molecule has 2 unspecified atom stereocenters. The van der Waals surface area contributed by atoms with E-state index in [-0.39, 0.29) is 5.92 Å². The van der Waals surface area contributed by atoms with E-state index in [4.69, 9.17) is 4.99 Å². The number of halogens is 1. The lowest BCUT2D eigenvalue weighted by molar-refractivity contribution is 0.354. The fourth-order valence-corrected chi connectivity index (χ4v) is 4.39. The zero-order chi connectivity index (χ0) is 22.9. The van der Waals surface area contributed by atoms with Crippen LogP contribution in [0.3, 0.4) is 0 Å². The molecule has 1 aromatic carbocycles. The maximum absolute atomic E-state index is 15.5. The summed E-state index contributed by atoms with van der Waals surface area (Å²) >= 11 is 0. The third-order valence-corrected chi connectivity index (χ3v) is 6.28. The number of dihydropyridines is 1. The molecule has 0 radical (unpaired) electrons. The third kappa shape index (κ3) is 6.21. The number of allylic oxidation sites excluding steroid dienone is 2. The fourth-order valence-electron chi connectivity index (χ4n) is 4.39. The average Bonchev–Trinajstić information content (AvgIpc) is 2.83. The van der Waals surface area contributed by atoms with Gasteiger partial charge in [-0.15, -0.1) is 0 Å². The Morgan fingerprint density at radius 3 is 2.78 bits per heavy atom. The SMILES string of the molecule is C=C(/C(=C\CC)N=C(CCC)C(F)CC(C)c1ccccc1)N1CCC2=C(C1)NCC=C2. The van der Waals surface area contributed by atoms with E-state index in [1.807, 2.05) is 18.2 Å². The second-order valence-electron chi connectivity index (χ2n) is 8.77. The monoisotopic (exact) mass is 435 g/mol. The minimum absolute atomic E-state index is 0.146. The van der Waals surface area contributed by atoms with E-state index >= 15 is 4.39 Å². The molecule has 0 amide bonds. The topological polar surface area (TPSA) is 27.6 Å². The van der Waals surface area contributed by atoms with Crippen molar-refractivity contribution in [2.24, 2.45) is 4.99 Å². The summed E-state index contributed by atoms with van der Waals surface area (Å²) in [6.45, 7) is 13.2. The maximum Gasteiger partial charge on any atom is 0.139 e. The Bertz CT molecular complexity index is 895. The van der Waals surface area contributed by atoms with Crippen LogP contribution in [0.4, 0.5) is 4.39 Å². The molecule has 0 bridgehead atoms. The van der Waals surface area contributed by atoms with Crippen LogP contribution in [0.1, 0.15) is 64.4 Å². The number of nitrogens with zero attached hydrogens (tertiary/aromatic N) is 2. The van der Waals surface area contributed by atoms with Crippen LogP contribution in [0.25, 0.3) is 0 Å². The van der Waals surface area contributed by atoms with Crippen LogP contribution in [-0.2, 0) is 0 Å². The van der Waals surface area contributed by atoms with E-state index in [9.17, 15) is 0 Å². The van der Waals surface area contributed by atoms with Gasteiger partial charge in [0.1, 0.15) is 6.17 Å². The Labute approximate surface area is 193 Å². The summed E-state index contributed by atoms with van der Waals surface area (Å²) in [5.41, 5.74) is 6.19. The van der Waals surface area contributed by atoms with Gasteiger partial charge in [-0.25, -0.2) is 4.39 Å².